The first-order valence-electron chi connectivity index (χ1n) is 11.3. The van der Waals surface area contributed by atoms with Crippen LogP contribution in [0, 0.1) is 6.92 Å². The summed E-state index contributed by atoms with van der Waals surface area (Å²) in [5, 5.41) is 7.30. The van der Waals surface area contributed by atoms with Gasteiger partial charge in [-0.15, -0.1) is 0 Å². The molecule has 35 heavy (non-hydrogen) atoms. The van der Waals surface area contributed by atoms with Gasteiger partial charge in [-0.05, 0) is 37.5 Å². The minimum atomic E-state index is -0.634. The van der Waals surface area contributed by atoms with E-state index in [1.54, 1.807) is 19.1 Å². The lowest BCUT2D eigenvalue weighted by Crippen LogP contribution is -2.19. The second kappa shape index (κ2) is 9.63. The smallest absolute Gasteiger partial charge is 0.412 e. The Hall–Kier alpha value is -4.12. The van der Waals surface area contributed by atoms with Crippen LogP contribution < -0.4 is 15.8 Å². The van der Waals surface area contributed by atoms with Crippen molar-refractivity contribution in [3.8, 4) is 16.9 Å². The van der Waals surface area contributed by atoms with Crippen LogP contribution in [0.1, 0.15) is 30.3 Å². The molecule has 4 heterocycles. The number of carbonyl (C=O) groups excluding carboxylic acids is 1. The van der Waals surface area contributed by atoms with E-state index in [0.717, 1.165) is 35.0 Å². The van der Waals surface area contributed by atoms with Crippen LogP contribution >= 0.6 is 0 Å². The van der Waals surface area contributed by atoms with E-state index >= 15 is 0 Å². The number of aromatic nitrogens is 4. The first kappa shape index (κ1) is 22.7. The molecule has 1 fully saturated rings. The van der Waals surface area contributed by atoms with Gasteiger partial charge in [0.25, 0.3) is 0 Å². The van der Waals surface area contributed by atoms with Crippen LogP contribution in [0.2, 0.25) is 0 Å². The quantitative estimate of drug-likeness (QED) is 0.419. The predicted octanol–water partition coefficient (Wildman–Crippen LogP) is 4.09. The molecule has 0 atom stereocenters. The Labute approximate surface area is 201 Å². The van der Waals surface area contributed by atoms with Crippen LogP contribution in [0.25, 0.3) is 22.2 Å². The molecular formula is C24H26N6O5. The van der Waals surface area contributed by atoms with Gasteiger partial charge in [-0.2, -0.15) is 0 Å². The fraction of sp³-hybridized carbons (Fsp3) is 0.333. The molecule has 1 aromatic carbocycles. The molecule has 182 valence electrons. The first-order valence-corrected chi connectivity index (χ1v) is 11.3. The van der Waals surface area contributed by atoms with E-state index in [1.165, 1.54) is 13.4 Å². The number of nitrogen functional groups attached to an aromatic ring is 1. The molecule has 1 aliphatic heterocycles. The van der Waals surface area contributed by atoms with Crippen molar-refractivity contribution < 1.29 is 23.5 Å². The van der Waals surface area contributed by atoms with Crippen LogP contribution in [0.5, 0.6) is 5.75 Å². The van der Waals surface area contributed by atoms with Crippen LogP contribution in [0.15, 0.2) is 41.3 Å². The van der Waals surface area contributed by atoms with Gasteiger partial charge in [-0.3, -0.25) is 5.32 Å². The molecule has 0 bridgehead atoms. The zero-order valence-corrected chi connectivity index (χ0v) is 19.5. The second-order valence-electron chi connectivity index (χ2n) is 8.30. The summed E-state index contributed by atoms with van der Waals surface area (Å²) in [5.41, 5.74) is 9.81. The molecule has 3 N–H and O–H groups in total. The maximum atomic E-state index is 12.3. The summed E-state index contributed by atoms with van der Waals surface area (Å²) >= 11 is 0. The zero-order chi connectivity index (χ0) is 24.4. The van der Waals surface area contributed by atoms with E-state index in [-0.39, 0.29) is 12.6 Å². The van der Waals surface area contributed by atoms with E-state index in [2.05, 4.69) is 31.2 Å². The molecule has 1 aliphatic rings. The fourth-order valence-corrected chi connectivity index (χ4v) is 4.30. The lowest BCUT2D eigenvalue weighted by Gasteiger charge is -2.24. The maximum Gasteiger partial charge on any atom is 0.412 e. The van der Waals surface area contributed by atoms with E-state index in [1.807, 2.05) is 12.1 Å². The third-order valence-electron chi connectivity index (χ3n) is 6.00. The zero-order valence-electron chi connectivity index (χ0n) is 19.5. The highest BCUT2D eigenvalue weighted by molar-refractivity contribution is 6.01. The Morgan fingerprint density at radius 2 is 2.09 bits per heavy atom. The number of anilines is 2. The number of hydrogen-bond donors (Lipinski definition) is 2. The number of benzene rings is 1. The summed E-state index contributed by atoms with van der Waals surface area (Å²) in [4.78, 5) is 21.1. The normalized spacial score (nSPS) is 14.2. The van der Waals surface area contributed by atoms with Crippen molar-refractivity contribution >= 4 is 28.6 Å². The number of amides is 1. The first-order chi connectivity index (χ1) is 17.0. The molecule has 0 radical (unpaired) electrons. The lowest BCUT2D eigenvalue weighted by atomic mass is 10.0. The summed E-state index contributed by atoms with van der Waals surface area (Å²) < 4.78 is 23.5. The Balaban J connectivity index is 1.42. The third-order valence-corrected chi connectivity index (χ3v) is 6.00. The summed E-state index contributed by atoms with van der Waals surface area (Å²) in [5.74, 6) is 1.52. The number of carbonyl (C=O) groups is 1. The predicted molar refractivity (Wildman–Crippen MR) is 128 cm³/mol. The summed E-state index contributed by atoms with van der Waals surface area (Å²) in [6.45, 7) is 3.18. The Bertz CT molecular complexity index is 1360. The highest BCUT2D eigenvalue weighted by atomic mass is 16.6. The van der Waals surface area contributed by atoms with Gasteiger partial charge in [0.1, 0.15) is 41.6 Å². The lowest BCUT2D eigenvalue weighted by molar-refractivity contribution is 0.0706. The molecule has 11 nitrogen and oxygen atoms in total. The van der Waals surface area contributed by atoms with Gasteiger partial charge < -0.3 is 29.0 Å². The molecule has 1 saturated heterocycles. The average Bonchev–Trinajstić information content (AvgIpc) is 3.48. The molecule has 0 aliphatic carbocycles. The average molecular weight is 479 g/mol. The monoisotopic (exact) mass is 478 g/mol. The molecule has 5 rings (SSSR count). The van der Waals surface area contributed by atoms with Crippen molar-refractivity contribution in [2.24, 2.45) is 0 Å². The standard InChI is InChI=1S/C24H26N6O5/c1-14-9-16(29-35-14)12-34-24(31)28-19-4-3-15(10-20(19)32-2)18-11-30(17-5-7-33-8-6-17)23-21(18)22(25)26-13-27-23/h3-4,9-11,13,17H,5-8,12H2,1-2H3,(H,28,31)(H2,25,26,27). The highest BCUT2D eigenvalue weighted by Crippen LogP contribution is 2.39. The van der Waals surface area contributed by atoms with Gasteiger partial charge in [0, 0.05) is 37.1 Å². The van der Waals surface area contributed by atoms with Crippen LogP contribution in [0.3, 0.4) is 0 Å². The van der Waals surface area contributed by atoms with E-state index in [0.29, 0.717) is 41.9 Å². The van der Waals surface area contributed by atoms with Crippen molar-refractivity contribution in [1.29, 1.82) is 0 Å². The van der Waals surface area contributed by atoms with Crippen LogP contribution in [-0.4, -0.2) is 46.1 Å². The molecule has 11 heteroatoms. The highest BCUT2D eigenvalue weighted by Gasteiger charge is 2.23. The van der Waals surface area contributed by atoms with Crippen LogP contribution in [0.4, 0.5) is 16.3 Å². The van der Waals surface area contributed by atoms with Gasteiger partial charge in [-0.25, -0.2) is 14.8 Å². The molecular weight excluding hydrogens is 452 g/mol. The van der Waals surface area contributed by atoms with Gasteiger partial charge in [0.15, 0.2) is 0 Å². The van der Waals surface area contributed by atoms with E-state index in [4.69, 9.17) is 24.5 Å². The summed E-state index contributed by atoms with van der Waals surface area (Å²) in [6.07, 6.45) is 4.70. The largest absolute Gasteiger partial charge is 0.495 e. The van der Waals surface area contributed by atoms with E-state index < -0.39 is 6.09 Å². The number of nitrogens with zero attached hydrogens (tertiary/aromatic N) is 4. The van der Waals surface area contributed by atoms with Gasteiger partial charge >= 0.3 is 6.09 Å². The molecule has 0 unspecified atom stereocenters. The number of fused-ring (bicyclic) bond motifs is 1. The minimum Gasteiger partial charge on any atom is -0.495 e. The number of nitrogens with two attached hydrogens (primary N) is 1. The number of nitrogens with one attached hydrogen (secondary N) is 1. The topological polar surface area (TPSA) is 140 Å². The molecule has 3 aromatic heterocycles. The molecule has 0 spiro atoms. The van der Waals surface area contributed by atoms with Gasteiger partial charge in [-0.1, -0.05) is 11.2 Å². The van der Waals surface area contributed by atoms with Crippen molar-refractivity contribution in [3.05, 3.63) is 48.2 Å². The Morgan fingerprint density at radius 3 is 2.83 bits per heavy atom. The van der Waals surface area contributed by atoms with Crippen molar-refractivity contribution in [2.75, 3.05) is 31.4 Å². The SMILES string of the molecule is COc1cc(-c2cn(C3CCOCC3)c3ncnc(N)c23)ccc1NC(=O)OCc1cc(C)on1. The number of rotatable bonds is 6. The van der Waals surface area contributed by atoms with Gasteiger partial charge in [0.2, 0.25) is 0 Å². The number of aryl methyl sites for hydroxylation is 1. The third kappa shape index (κ3) is 4.62. The second-order valence-corrected chi connectivity index (χ2v) is 8.30. The van der Waals surface area contributed by atoms with Gasteiger partial charge in [0.05, 0.1) is 18.2 Å². The molecule has 0 saturated carbocycles. The van der Waals surface area contributed by atoms with E-state index in [9.17, 15) is 4.79 Å². The maximum absolute atomic E-state index is 12.3. The molecule has 1 amide bonds. The van der Waals surface area contributed by atoms with Crippen molar-refractivity contribution in [1.82, 2.24) is 19.7 Å². The number of methoxy groups -OCH3 is 1. The summed E-state index contributed by atoms with van der Waals surface area (Å²) in [7, 11) is 1.54. The van der Waals surface area contributed by atoms with Crippen LogP contribution in [-0.2, 0) is 16.1 Å². The Kier molecular flexibility index (Phi) is 6.23. The summed E-state index contributed by atoms with van der Waals surface area (Å²) in [6, 6.07) is 7.45. The fourth-order valence-electron chi connectivity index (χ4n) is 4.30. The van der Waals surface area contributed by atoms with Crippen molar-refractivity contribution in [2.45, 2.75) is 32.4 Å². The minimum absolute atomic E-state index is 0.00540. The molecule has 4 aromatic rings. The Morgan fingerprint density at radius 1 is 1.26 bits per heavy atom. The number of ether oxygens (including phenoxy) is 3. The number of hydrogen-bond acceptors (Lipinski definition) is 9. The van der Waals surface area contributed by atoms with Crippen molar-refractivity contribution in [3.63, 3.8) is 0 Å².